The first kappa shape index (κ1) is 19.6. The van der Waals surface area contributed by atoms with Gasteiger partial charge in [0, 0.05) is 21.8 Å². The van der Waals surface area contributed by atoms with E-state index in [1.165, 1.54) is 6.08 Å². The number of benzene rings is 3. The second-order valence-electron chi connectivity index (χ2n) is 5.96. The summed E-state index contributed by atoms with van der Waals surface area (Å²) in [4.78, 5) is 24.0. The highest BCUT2D eigenvalue weighted by molar-refractivity contribution is 9.10. The Morgan fingerprint density at radius 1 is 0.929 bits per heavy atom. The van der Waals surface area contributed by atoms with E-state index in [0.29, 0.717) is 5.69 Å². The number of nitrogens with one attached hydrogen (secondary N) is 1. The Labute approximate surface area is 172 Å². The standard InChI is InChI=1S/C23H18BrNO3/c24-19-10-6-7-17(15-19)13-14-23(27)28-16-22(26)25-21-12-5-4-11-20(21)18-8-2-1-3-9-18/h1-15H,16H2,(H,25,26)/b14-13+. The lowest BCUT2D eigenvalue weighted by Gasteiger charge is -2.11. The van der Waals surface area contributed by atoms with Crippen molar-refractivity contribution in [3.63, 3.8) is 0 Å². The molecule has 28 heavy (non-hydrogen) atoms. The Morgan fingerprint density at radius 2 is 1.68 bits per heavy atom. The van der Waals surface area contributed by atoms with Crippen LogP contribution in [0, 0.1) is 0 Å². The van der Waals surface area contributed by atoms with Crippen LogP contribution in [-0.2, 0) is 14.3 Å². The summed E-state index contributed by atoms with van der Waals surface area (Å²) in [5.41, 5.74) is 3.41. The molecule has 0 aromatic heterocycles. The van der Waals surface area contributed by atoms with Gasteiger partial charge in [0.1, 0.15) is 0 Å². The maximum atomic E-state index is 12.2. The van der Waals surface area contributed by atoms with E-state index in [4.69, 9.17) is 4.74 Å². The smallest absolute Gasteiger partial charge is 0.331 e. The average Bonchev–Trinajstić information content (AvgIpc) is 2.72. The van der Waals surface area contributed by atoms with Crippen LogP contribution in [0.4, 0.5) is 5.69 Å². The number of anilines is 1. The van der Waals surface area contributed by atoms with Crippen molar-refractivity contribution in [2.24, 2.45) is 0 Å². The molecule has 3 aromatic carbocycles. The minimum atomic E-state index is -0.577. The number of para-hydroxylation sites is 1. The van der Waals surface area contributed by atoms with Crippen molar-refractivity contribution in [1.82, 2.24) is 0 Å². The molecule has 0 atom stereocenters. The SMILES string of the molecule is O=C(COC(=O)/C=C/c1cccc(Br)c1)Nc1ccccc1-c1ccccc1. The maximum absolute atomic E-state index is 12.2. The van der Waals surface area contributed by atoms with Crippen LogP contribution in [0.5, 0.6) is 0 Å². The van der Waals surface area contributed by atoms with Gasteiger partial charge in [0.15, 0.2) is 6.61 Å². The van der Waals surface area contributed by atoms with Crippen molar-refractivity contribution in [2.45, 2.75) is 0 Å². The Kier molecular flexibility index (Phi) is 6.76. The van der Waals surface area contributed by atoms with Gasteiger partial charge in [-0.1, -0.05) is 76.6 Å². The molecule has 0 aliphatic rings. The molecule has 3 aromatic rings. The summed E-state index contributed by atoms with van der Waals surface area (Å²) in [5.74, 6) is -0.973. The predicted molar refractivity (Wildman–Crippen MR) is 115 cm³/mol. The summed E-state index contributed by atoms with van der Waals surface area (Å²) in [6, 6.07) is 24.7. The summed E-state index contributed by atoms with van der Waals surface area (Å²) in [5, 5.41) is 2.80. The van der Waals surface area contributed by atoms with Crippen LogP contribution in [0.15, 0.2) is 89.4 Å². The highest BCUT2D eigenvalue weighted by Crippen LogP contribution is 2.27. The van der Waals surface area contributed by atoms with Gasteiger partial charge in [-0.2, -0.15) is 0 Å². The Hall–Kier alpha value is -3.18. The summed E-state index contributed by atoms with van der Waals surface area (Å²) in [6.07, 6.45) is 2.93. The number of carbonyl (C=O) groups excluding carboxylic acids is 2. The predicted octanol–water partition coefficient (Wildman–Crippen LogP) is 5.31. The number of rotatable bonds is 6. The van der Waals surface area contributed by atoms with Gasteiger partial charge >= 0.3 is 5.97 Å². The van der Waals surface area contributed by atoms with E-state index < -0.39 is 11.9 Å². The molecule has 0 bridgehead atoms. The van der Waals surface area contributed by atoms with Crippen molar-refractivity contribution >= 4 is 39.6 Å². The molecule has 0 saturated carbocycles. The third-order valence-corrected chi connectivity index (χ3v) is 4.39. The topological polar surface area (TPSA) is 55.4 Å². The van der Waals surface area contributed by atoms with E-state index in [1.54, 1.807) is 6.08 Å². The van der Waals surface area contributed by atoms with Crippen LogP contribution in [0.1, 0.15) is 5.56 Å². The molecule has 1 amide bonds. The van der Waals surface area contributed by atoms with E-state index in [0.717, 1.165) is 21.2 Å². The maximum Gasteiger partial charge on any atom is 0.331 e. The molecule has 0 fully saturated rings. The van der Waals surface area contributed by atoms with Crippen molar-refractivity contribution in [1.29, 1.82) is 0 Å². The third kappa shape index (κ3) is 5.66. The van der Waals surface area contributed by atoms with Gasteiger partial charge < -0.3 is 10.1 Å². The molecule has 0 saturated heterocycles. The van der Waals surface area contributed by atoms with Crippen LogP contribution < -0.4 is 5.32 Å². The van der Waals surface area contributed by atoms with Crippen LogP contribution in [0.3, 0.4) is 0 Å². The fourth-order valence-corrected chi connectivity index (χ4v) is 3.02. The van der Waals surface area contributed by atoms with Crippen LogP contribution in [0.2, 0.25) is 0 Å². The number of hydrogen-bond donors (Lipinski definition) is 1. The lowest BCUT2D eigenvalue weighted by atomic mass is 10.0. The van der Waals surface area contributed by atoms with Crippen molar-refractivity contribution in [3.8, 4) is 11.1 Å². The Balaban J connectivity index is 1.57. The molecule has 0 heterocycles. The van der Waals surface area contributed by atoms with Gasteiger partial charge in [0.25, 0.3) is 5.91 Å². The highest BCUT2D eigenvalue weighted by Gasteiger charge is 2.09. The number of hydrogen-bond acceptors (Lipinski definition) is 3. The summed E-state index contributed by atoms with van der Waals surface area (Å²) in [6.45, 7) is -0.356. The highest BCUT2D eigenvalue weighted by atomic mass is 79.9. The summed E-state index contributed by atoms with van der Waals surface area (Å²) < 4.78 is 5.94. The molecule has 0 aliphatic heterocycles. The Morgan fingerprint density at radius 3 is 2.46 bits per heavy atom. The van der Waals surface area contributed by atoms with Crippen LogP contribution in [-0.4, -0.2) is 18.5 Å². The normalized spacial score (nSPS) is 10.6. The number of esters is 1. The van der Waals surface area contributed by atoms with Gasteiger partial charge in [0.2, 0.25) is 0 Å². The monoisotopic (exact) mass is 435 g/mol. The van der Waals surface area contributed by atoms with Gasteiger partial charge in [0.05, 0.1) is 0 Å². The molecule has 5 heteroatoms. The van der Waals surface area contributed by atoms with Crippen molar-refractivity contribution in [2.75, 3.05) is 11.9 Å². The fourth-order valence-electron chi connectivity index (χ4n) is 2.61. The average molecular weight is 436 g/mol. The summed E-state index contributed by atoms with van der Waals surface area (Å²) in [7, 11) is 0. The minimum absolute atomic E-state index is 0.356. The van der Waals surface area contributed by atoms with Crippen LogP contribution >= 0.6 is 15.9 Å². The Bertz CT molecular complexity index is 999. The second-order valence-corrected chi connectivity index (χ2v) is 6.87. The zero-order valence-corrected chi connectivity index (χ0v) is 16.6. The second kappa shape index (κ2) is 9.67. The zero-order valence-electron chi connectivity index (χ0n) is 15.0. The van der Waals surface area contributed by atoms with Gasteiger partial charge in [-0.25, -0.2) is 4.79 Å². The number of amides is 1. The van der Waals surface area contributed by atoms with Crippen molar-refractivity contribution < 1.29 is 14.3 Å². The van der Waals surface area contributed by atoms with E-state index in [2.05, 4.69) is 21.2 Å². The van der Waals surface area contributed by atoms with Crippen LogP contribution in [0.25, 0.3) is 17.2 Å². The van der Waals surface area contributed by atoms with E-state index >= 15 is 0 Å². The third-order valence-electron chi connectivity index (χ3n) is 3.89. The number of ether oxygens (including phenoxy) is 1. The summed E-state index contributed by atoms with van der Waals surface area (Å²) >= 11 is 3.37. The number of halogens is 1. The van der Waals surface area contributed by atoms with Gasteiger partial charge in [-0.05, 0) is 35.4 Å². The van der Waals surface area contributed by atoms with Gasteiger partial charge in [-0.3, -0.25) is 4.79 Å². The molecule has 1 N–H and O–H groups in total. The fraction of sp³-hybridized carbons (Fsp3) is 0.0435. The molecule has 4 nitrogen and oxygen atoms in total. The molecule has 0 radical (unpaired) electrons. The molecule has 3 rings (SSSR count). The van der Waals surface area contributed by atoms with E-state index in [1.807, 2.05) is 78.9 Å². The van der Waals surface area contributed by atoms with E-state index in [9.17, 15) is 9.59 Å². The minimum Gasteiger partial charge on any atom is -0.452 e. The largest absolute Gasteiger partial charge is 0.452 e. The lowest BCUT2D eigenvalue weighted by molar-refractivity contribution is -0.142. The lowest BCUT2D eigenvalue weighted by Crippen LogP contribution is -2.20. The first-order valence-electron chi connectivity index (χ1n) is 8.66. The number of carbonyl (C=O) groups is 2. The molecule has 0 unspecified atom stereocenters. The van der Waals surface area contributed by atoms with Gasteiger partial charge in [-0.15, -0.1) is 0 Å². The molecular weight excluding hydrogens is 418 g/mol. The molecule has 140 valence electrons. The first-order valence-corrected chi connectivity index (χ1v) is 9.46. The van der Waals surface area contributed by atoms with E-state index in [-0.39, 0.29) is 6.61 Å². The molecule has 0 aliphatic carbocycles. The zero-order chi connectivity index (χ0) is 19.8. The molecule has 0 spiro atoms. The molecular formula is C23H18BrNO3. The first-order chi connectivity index (χ1) is 13.6. The quantitative estimate of drug-likeness (QED) is 0.421. The van der Waals surface area contributed by atoms with Crippen molar-refractivity contribution in [3.05, 3.63) is 95.0 Å².